The Balaban J connectivity index is 1.60. The van der Waals surface area contributed by atoms with Gasteiger partial charge in [0.15, 0.2) is 15.6 Å². The van der Waals surface area contributed by atoms with Crippen LogP contribution in [0.4, 0.5) is 13.2 Å². The number of para-hydroxylation sites is 1. The minimum absolute atomic E-state index is 0.0406. The number of Topliss-reactive ketones (excluding diaryl/α,β-unsaturated/α-hetero) is 1. The lowest BCUT2D eigenvalue weighted by atomic mass is 10.2. The first kappa shape index (κ1) is 22.8. The molecule has 32 heavy (non-hydrogen) atoms. The molecule has 0 amide bonds. The van der Waals surface area contributed by atoms with E-state index in [0.717, 1.165) is 17.5 Å². The molecule has 0 bridgehead atoms. The molecule has 1 saturated heterocycles. The molecule has 0 spiro atoms. The van der Waals surface area contributed by atoms with Crippen molar-refractivity contribution in [3.63, 3.8) is 0 Å². The average molecular weight is 484 g/mol. The number of aromatic nitrogens is 3. The Morgan fingerprint density at radius 3 is 2.59 bits per heavy atom. The number of alkyl halides is 3. The highest BCUT2D eigenvalue weighted by atomic mass is 32.2. The van der Waals surface area contributed by atoms with Crippen LogP contribution in [0.5, 0.6) is 0 Å². The molecule has 3 heterocycles. The maximum atomic E-state index is 13.2. The van der Waals surface area contributed by atoms with E-state index in [0.29, 0.717) is 23.1 Å². The van der Waals surface area contributed by atoms with Gasteiger partial charge >= 0.3 is 6.18 Å². The lowest BCUT2D eigenvalue weighted by Crippen LogP contribution is -2.15. The first-order valence-corrected chi connectivity index (χ1v) is 12.7. The third kappa shape index (κ3) is 4.40. The molecular formula is C21H20F3N3O3S2. The first-order chi connectivity index (χ1) is 15.0. The van der Waals surface area contributed by atoms with Crippen molar-refractivity contribution in [1.82, 2.24) is 14.5 Å². The number of hydrogen-bond acceptors (Lipinski definition) is 6. The summed E-state index contributed by atoms with van der Waals surface area (Å²) in [5.41, 5.74) is 2.04. The van der Waals surface area contributed by atoms with E-state index in [4.69, 9.17) is 0 Å². The van der Waals surface area contributed by atoms with Gasteiger partial charge in [0.25, 0.3) is 0 Å². The number of halogens is 3. The molecule has 6 nitrogen and oxygen atoms in total. The van der Waals surface area contributed by atoms with E-state index >= 15 is 0 Å². The summed E-state index contributed by atoms with van der Waals surface area (Å²) in [6.45, 7) is 3.58. The van der Waals surface area contributed by atoms with E-state index in [1.54, 1.807) is 31.2 Å². The van der Waals surface area contributed by atoms with E-state index in [1.807, 2.05) is 11.5 Å². The first-order valence-electron chi connectivity index (χ1n) is 9.85. The normalized spacial score (nSPS) is 18.3. The summed E-state index contributed by atoms with van der Waals surface area (Å²) in [7, 11) is -3.09. The van der Waals surface area contributed by atoms with Crippen molar-refractivity contribution >= 4 is 38.3 Å². The molecule has 0 saturated carbocycles. The van der Waals surface area contributed by atoms with Crippen LogP contribution in [0.3, 0.4) is 0 Å². The van der Waals surface area contributed by atoms with Gasteiger partial charge in [0.05, 0.1) is 22.8 Å². The van der Waals surface area contributed by atoms with Crippen LogP contribution in [0.15, 0.2) is 35.4 Å². The Morgan fingerprint density at radius 1 is 1.22 bits per heavy atom. The number of aryl methyl sites for hydroxylation is 1. The van der Waals surface area contributed by atoms with Crippen LogP contribution >= 0.6 is 11.8 Å². The molecular weight excluding hydrogens is 463 g/mol. The predicted molar refractivity (Wildman–Crippen MR) is 116 cm³/mol. The zero-order valence-electron chi connectivity index (χ0n) is 17.3. The van der Waals surface area contributed by atoms with Crippen molar-refractivity contribution in [2.75, 3.05) is 17.3 Å². The second-order valence-corrected chi connectivity index (χ2v) is 11.0. The number of nitrogens with zero attached hydrogens (tertiary/aromatic N) is 3. The monoisotopic (exact) mass is 483 g/mol. The van der Waals surface area contributed by atoms with Crippen molar-refractivity contribution in [1.29, 1.82) is 0 Å². The smallest absolute Gasteiger partial charge is 0.344 e. The molecule has 1 unspecified atom stereocenters. The van der Waals surface area contributed by atoms with Gasteiger partial charge in [0.2, 0.25) is 5.82 Å². The standard InChI is InChI=1S/C21H20F3N3O3S2/c1-12-9-16(13(2)27(12)14-7-8-32(29,30)11-14)18(28)10-31-19-15-5-3-4-6-17(15)25-20(26-19)21(22,23)24/h3-6,9,14H,7-8,10-11H2,1-2H3. The molecule has 11 heteroatoms. The fourth-order valence-corrected chi connectivity index (χ4v) is 6.70. The Bertz CT molecular complexity index is 1320. The van der Waals surface area contributed by atoms with Crippen molar-refractivity contribution < 1.29 is 26.4 Å². The molecule has 1 atom stereocenters. The highest BCUT2D eigenvalue weighted by molar-refractivity contribution is 8.00. The molecule has 0 aliphatic carbocycles. The largest absolute Gasteiger partial charge is 0.451 e. The third-order valence-electron chi connectivity index (χ3n) is 5.52. The summed E-state index contributed by atoms with van der Waals surface area (Å²) in [5.74, 6) is -1.45. The van der Waals surface area contributed by atoms with Crippen LogP contribution in [0.2, 0.25) is 0 Å². The van der Waals surface area contributed by atoms with Crippen molar-refractivity contribution in [3.05, 3.63) is 53.1 Å². The Labute approximate surface area is 187 Å². The molecule has 4 rings (SSSR count). The zero-order chi connectivity index (χ0) is 23.3. The topological polar surface area (TPSA) is 81.9 Å². The molecule has 3 aromatic rings. The quantitative estimate of drug-likeness (QED) is 0.304. The molecule has 1 aliphatic heterocycles. The molecule has 2 aromatic heterocycles. The van der Waals surface area contributed by atoms with Gasteiger partial charge < -0.3 is 4.57 Å². The van der Waals surface area contributed by atoms with Gasteiger partial charge in [-0.2, -0.15) is 13.2 Å². The van der Waals surface area contributed by atoms with Crippen LogP contribution in [0, 0.1) is 13.8 Å². The van der Waals surface area contributed by atoms with Crippen LogP contribution in [-0.4, -0.2) is 46.0 Å². The van der Waals surface area contributed by atoms with E-state index < -0.39 is 21.8 Å². The number of rotatable bonds is 5. The molecule has 0 N–H and O–H groups in total. The average Bonchev–Trinajstić information content (AvgIpc) is 3.22. The molecule has 1 aromatic carbocycles. The van der Waals surface area contributed by atoms with Crippen LogP contribution in [-0.2, 0) is 16.0 Å². The van der Waals surface area contributed by atoms with Crippen molar-refractivity contribution in [2.24, 2.45) is 0 Å². The lowest BCUT2D eigenvalue weighted by Gasteiger charge is -2.16. The summed E-state index contributed by atoms with van der Waals surface area (Å²) in [6, 6.07) is 7.86. The number of carbonyl (C=O) groups is 1. The Morgan fingerprint density at radius 2 is 1.94 bits per heavy atom. The summed E-state index contributed by atoms with van der Waals surface area (Å²) in [5, 5.41) is 0.534. The van der Waals surface area contributed by atoms with Crippen LogP contribution < -0.4 is 0 Å². The molecule has 1 fully saturated rings. The number of fused-ring (bicyclic) bond motifs is 1. The van der Waals surface area contributed by atoms with Gasteiger partial charge in [0, 0.05) is 28.4 Å². The third-order valence-corrected chi connectivity index (χ3v) is 8.26. The summed E-state index contributed by atoms with van der Waals surface area (Å²) >= 11 is 0.933. The Hall–Kier alpha value is -2.40. The number of carbonyl (C=O) groups excluding carboxylic acids is 1. The zero-order valence-corrected chi connectivity index (χ0v) is 18.9. The maximum Gasteiger partial charge on any atom is 0.451 e. The number of ketones is 1. The van der Waals surface area contributed by atoms with Crippen molar-refractivity contribution in [3.8, 4) is 0 Å². The fourth-order valence-electron chi connectivity index (χ4n) is 4.10. The fraction of sp³-hybridized carbons (Fsp3) is 0.381. The maximum absolute atomic E-state index is 13.2. The summed E-state index contributed by atoms with van der Waals surface area (Å²) in [4.78, 5) is 20.2. The van der Waals surface area contributed by atoms with Gasteiger partial charge in [-0.1, -0.05) is 30.0 Å². The van der Waals surface area contributed by atoms with Crippen LogP contribution in [0.25, 0.3) is 10.9 Å². The number of sulfone groups is 1. The minimum atomic E-state index is -4.70. The van der Waals surface area contributed by atoms with E-state index in [1.165, 1.54) is 6.07 Å². The number of hydrogen-bond donors (Lipinski definition) is 0. The summed E-state index contributed by atoms with van der Waals surface area (Å²) in [6.07, 6.45) is -4.20. The van der Waals surface area contributed by atoms with E-state index in [9.17, 15) is 26.4 Å². The van der Waals surface area contributed by atoms with Gasteiger partial charge in [0.1, 0.15) is 5.03 Å². The van der Waals surface area contributed by atoms with Gasteiger partial charge in [-0.15, -0.1) is 0 Å². The Kier molecular flexibility index (Phi) is 5.83. The number of thioether (sulfide) groups is 1. The minimum Gasteiger partial charge on any atom is -0.344 e. The van der Waals surface area contributed by atoms with Crippen molar-refractivity contribution in [2.45, 2.75) is 37.5 Å². The SMILES string of the molecule is Cc1cc(C(=O)CSc2nc(C(F)(F)F)nc3ccccc23)c(C)n1C1CCS(=O)(=O)C1. The lowest BCUT2D eigenvalue weighted by molar-refractivity contribution is -0.145. The van der Waals surface area contributed by atoms with Gasteiger partial charge in [-0.25, -0.2) is 18.4 Å². The molecule has 170 valence electrons. The van der Waals surface area contributed by atoms with E-state index in [2.05, 4.69) is 9.97 Å². The predicted octanol–water partition coefficient (Wildman–Crippen LogP) is 4.40. The van der Waals surface area contributed by atoms with Gasteiger partial charge in [-0.05, 0) is 32.4 Å². The second kappa shape index (κ2) is 8.18. The molecule has 1 aliphatic rings. The van der Waals surface area contributed by atoms with E-state index in [-0.39, 0.29) is 39.6 Å². The van der Waals surface area contributed by atoms with Crippen LogP contribution in [0.1, 0.15) is 40.0 Å². The highest BCUT2D eigenvalue weighted by Crippen LogP contribution is 2.33. The second-order valence-electron chi connectivity index (χ2n) is 7.79. The highest BCUT2D eigenvalue weighted by Gasteiger charge is 2.36. The van der Waals surface area contributed by atoms with Gasteiger partial charge in [-0.3, -0.25) is 4.79 Å². The molecule has 0 radical (unpaired) electrons. The summed E-state index contributed by atoms with van der Waals surface area (Å²) < 4.78 is 65.3. The number of benzene rings is 1.